The second kappa shape index (κ2) is 7.61. The first-order valence-corrected chi connectivity index (χ1v) is 6.03. The Kier molecular flexibility index (Phi) is 7.00. The number of nitrogens with zero attached hydrogens (tertiary/aromatic N) is 1. The second-order valence-electron chi connectivity index (χ2n) is 2.51. The molecule has 0 aromatic carbocycles. The molecule has 0 atom stereocenters. The van der Waals surface area contributed by atoms with Gasteiger partial charge in [-0.3, -0.25) is 0 Å². The van der Waals surface area contributed by atoms with Crippen molar-refractivity contribution >= 4 is 15.8 Å². The zero-order valence-corrected chi connectivity index (χ0v) is 9.58. The van der Waals surface area contributed by atoms with Crippen LogP contribution in [0.25, 0.3) is 0 Å². The van der Waals surface area contributed by atoms with Crippen LogP contribution >= 0.6 is 0 Å². The van der Waals surface area contributed by atoms with E-state index in [4.69, 9.17) is 4.74 Å². The third-order valence-electron chi connectivity index (χ3n) is 1.48. The predicted molar refractivity (Wildman–Crippen MR) is 57.5 cm³/mol. The van der Waals surface area contributed by atoms with Crippen molar-refractivity contribution in [2.75, 3.05) is 13.2 Å². The number of rotatable bonds is 6. The Morgan fingerprint density at radius 3 is 2.69 bits per heavy atom. The van der Waals surface area contributed by atoms with Gasteiger partial charge in [0.25, 0.3) is 0 Å². The van der Waals surface area contributed by atoms with Gasteiger partial charge in [0.05, 0.1) is 6.61 Å². The average molecular weight is 199 g/mol. The van der Waals surface area contributed by atoms with Crippen LogP contribution in [0.4, 0.5) is 4.79 Å². The fourth-order valence-electron chi connectivity index (χ4n) is 0.875. The Hall–Kier alpha value is -1.03. The highest BCUT2D eigenvalue weighted by molar-refractivity contribution is 6.36. The largest absolute Gasteiger partial charge is 0.450 e. The minimum absolute atomic E-state index is 0.226. The van der Waals surface area contributed by atoms with Crippen LogP contribution in [0.1, 0.15) is 6.92 Å². The van der Waals surface area contributed by atoms with Gasteiger partial charge in [0, 0.05) is 6.54 Å². The average Bonchev–Trinajstić information content (AvgIpc) is 2.12. The van der Waals surface area contributed by atoms with Crippen molar-refractivity contribution < 1.29 is 9.53 Å². The summed E-state index contributed by atoms with van der Waals surface area (Å²) in [7, 11) is -0.584. The first-order chi connectivity index (χ1) is 6.26. The van der Waals surface area contributed by atoms with Crippen molar-refractivity contribution in [3.05, 3.63) is 25.3 Å². The van der Waals surface area contributed by atoms with Gasteiger partial charge in [-0.25, -0.2) is 4.79 Å². The van der Waals surface area contributed by atoms with E-state index in [1.807, 2.05) is 6.08 Å². The number of hydrogen-bond donors (Lipinski definition) is 0. The van der Waals surface area contributed by atoms with E-state index >= 15 is 0 Å². The first-order valence-electron chi connectivity index (χ1n) is 4.39. The molecule has 0 rings (SSSR count). The molecular weight excluding hydrogens is 182 g/mol. The van der Waals surface area contributed by atoms with E-state index in [0.717, 1.165) is 6.04 Å². The van der Waals surface area contributed by atoms with E-state index in [0.29, 0.717) is 13.2 Å². The summed E-state index contributed by atoms with van der Waals surface area (Å²) in [5, 5.41) is 0. The van der Waals surface area contributed by atoms with Crippen LogP contribution in [0.3, 0.4) is 0 Å². The van der Waals surface area contributed by atoms with Crippen LogP contribution in [-0.2, 0) is 4.74 Å². The summed E-state index contributed by atoms with van der Waals surface area (Å²) in [4.78, 5) is 11.3. The molecule has 0 aliphatic rings. The summed E-state index contributed by atoms with van der Waals surface area (Å²) in [6.45, 7) is 10.0. The van der Waals surface area contributed by atoms with Crippen molar-refractivity contribution in [2.45, 2.75) is 13.0 Å². The minimum atomic E-state index is -0.584. The van der Waals surface area contributed by atoms with Crippen molar-refractivity contribution in [1.82, 2.24) is 4.57 Å². The molecule has 0 radical (unpaired) electrons. The normalized spacial score (nSPS) is 9.92. The van der Waals surface area contributed by atoms with E-state index in [2.05, 4.69) is 13.2 Å². The fraction of sp³-hybridized carbons (Fsp3) is 0.444. The van der Waals surface area contributed by atoms with E-state index < -0.39 is 9.68 Å². The number of allylic oxidation sites excluding steroid dienone is 1. The summed E-state index contributed by atoms with van der Waals surface area (Å²) < 4.78 is 6.63. The van der Waals surface area contributed by atoms with Gasteiger partial charge in [-0.05, 0) is 13.0 Å². The van der Waals surface area contributed by atoms with Gasteiger partial charge in [-0.1, -0.05) is 12.2 Å². The van der Waals surface area contributed by atoms with Crippen LogP contribution < -0.4 is 0 Å². The molecule has 0 aliphatic heterocycles. The molecule has 0 unspecified atom stereocenters. The van der Waals surface area contributed by atoms with Crippen molar-refractivity contribution in [3.8, 4) is 0 Å². The monoisotopic (exact) mass is 199 g/mol. The quantitative estimate of drug-likeness (QED) is 0.477. The maximum Gasteiger partial charge on any atom is 0.401 e. The second-order valence-corrected chi connectivity index (χ2v) is 4.30. The standard InChI is InChI=1S/C9H17NO2Si/c1-4-7-10(13-8-5-2)9(11)12-6-3/h4-5H,1-2,6-8,13H2,3H3. The van der Waals surface area contributed by atoms with Crippen LogP contribution in [-0.4, -0.2) is 33.5 Å². The molecule has 0 aromatic heterocycles. The molecule has 0 saturated heterocycles. The van der Waals surface area contributed by atoms with Crippen molar-refractivity contribution in [1.29, 1.82) is 0 Å². The van der Waals surface area contributed by atoms with Crippen LogP contribution in [0.2, 0.25) is 6.04 Å². The van der Waals surface area contributed by atoms with Crippen LogP contribution in [0, 0.1) is 0 Å². The van der Waals surface area contributed by atoms with Gasteiger partial charge in [0.15, 0.2) is 0 Å². The Morgan fingerprint density at radius 2 is 2.23 bits per heavy atom. The maximum absolute atomic E-state index is 11.3. The maximum atomic E-state index is 11.3. The summed E-state index contributed by atoms with van der Waals surface area (Å²) >= 11 is 0. The zero-order chi connectivity index (χ0) is 10.1. The lowest BCUT2D eigenvalue weighted by atomic mass is 10.6. The third-order valence-corrected chi connectivity index (χ3v) is 3.20. The summed E-state index contributed by atoms with van der Waals surface area (Å²) in [6.07, 6.45) is 3.32. The topological polar surface area (TPSA) is 29.5 Å². The van der Waals surface area contributed by atoms with Gasteiger partial charge < -0.3 is 9.30 Å². The Bertz CT molecular complexity index is 182. The first kappa shape index (κ1) is 12.0. The molecule has 13 heavy (non-hydrogen) atoms. The number of ether oxygens (including phenoxy) is 1. The highest BCUT2D eigenvalue weighted by atomic mass is 28.2. The Morgan fingerprint density at radius 1 is 1.54 bits per heavy atom. The molecular formula is C9H17NO2Si. The molecule has 1 amide bonds. The van der Waals surface area contributed by atoms with Gasteiger partial charge in [-0.2, -0.15) is 0 Å². The molecule has 0 aromatic rings. The van der Waals surface area contributed by atoms with E-state index in [9.17, 15) is 4.79 Å². The third kappa shape index (κ3) is 5.24. The number of carbonyl (C=O) groups excluding carboxylic acids is 1. The lowest BCUT2D eigenvalue weighted by Gasteiger charge is -2.19. The lowest BCUT2D eigenvalue weighted by molar-refractivity contribution is 0.133. The molecule has 0 aliphatic carbocycles. The van der Waals surface area contributed by atoms with Crippen molar-refractivity contribution in [2.24, 2.45) is 0 Å². The molecule has 0 N–H and O–H groups in total. The molecule has 0 spiro atoms. The van der Waals surface area contributed by atoms with E-state index in [-0.39, 0.29) is 6.09 Å². The minimum Gasteiger partial charge on any atom is -0.450 e. The smallest absolute Gasteiger partial charge is 0.401 e. The fourth-order valence-corrected chi connectivity index (χ4v) is 2.01. The highest BCUT2D eigenvalue weighted by Gasteiger charge is 2.10. The Balaban J connectivity index is 3.97. The molecule has 0 bridgehead atoms. The van der Waals surface area contributed by atoms with Crippen molar-refractivity contribution in [3.63, 3.8) is 0 Å². The molecule has 3 nitrogen and oxygen atoms in total. The van der Waals surface area contributed by atoms with Gasteiger partial charge in [0.2, 0.25) is 0 Å². The number of amides is 1. The Labute approximate surface area is 82.0 Å². The molecule has 0 fully saturated rings. The van der Waals surface area contributed by atoms with Gasteiger partial charge in [0.1, 0.15) is 9.68 Å². The summed E-state index contributed by atoms with van der Waals surface area (Å²) in [5.74, 6) is 0. The number of hydrogen-bond acceptors (Lipinski definition) is 2. The van der Waals surface area contributed by atoms with Gasteiger partial charge >= 0.3 is 6.09 Å². The zero-order valence-electron chi connectivity index (χ0n) is 8.16. The molecule has 0 heterocycles. The molecule has 0 saturated carbocycles. The molecule has 4 heteroatoms. The highest BCUT2D eigenvalue weighted by Crippen LogP contribution is 1.95. The SMILES string of the molecule is C=CC[SiH2]N(CC=C)C(=O)OCC. The van der Waals surface area contributed by atoms with Gasteiger partial charge in [-0.15, -0.1) is 13.2 Å². The predicted octanol–water partition coefficient (Wildman–Crippen LogP) is 1.32. The number of carbonyl (C=O) groups is 1. The van der Waals surface area contributed by atoms with E-state index in [1.54, 1.807) is 17.6 Å². The van der Waals surface area contributed by atoms with Crippen LogP contribution in [0.15, 0.2) is 25.3 Å². The van der Waals surface area contributed by atoms with E-state index in [1.165, 1.54) is 0 Å². The van der Waals surface area contributed by atoms with Crippen LogP contribution in [0.5, 0.6) is 0 Å². The summed E-state index contributed by atoms with van der Waals surface area (Å²) in [5.41, 5.74) is 0. The lowest BCUT2D eigenvalue weighted by Crippen LogP contribution is -2.34. The summed E-state index contributed by atoms with van der Waals surface area (Å²) in [6, 6.07) is 0.909. The molecule has 74 valence electrons.